The summed E-state index contributed by atoms with van der Waals surface area (Å²) in [6, 6.07) is 12.8. The molecule has 2 aliphatic heterocycles. The second-order valence-corrected chi connectivity index (χ2v) is 9.32. The van der Waals surface area contributed by atoms with Crippen LogP contribution in [-0.4, -0.2) is 48.3 Å². The van der Waals surface area contributed by atoms with E-state index in [1.165, 1.54) is 18.8 Å². The number of carbonyl (C=O) groups is 3. The molecule has 11 heteroatoms. The first-order valence-corrected chi connectivity index (χ1v) is 12.0. The van der Waals surface area contributed by atoms with E-state index < -0.39 is 36.0 Å². The van der Waals surface area contributed by atoms with Gasteiger partial charge in [0.05, 0.1) is 42.8 Å². The minimum atomic E-state index is -1.18. The monoisotopic (exact) mass is 519 g/mol. The average Bonchev–Trinajstić information content (AvgIpc) is 3.35. The van der Waals surface area contributed by atoms with Crippen LogP contribution in [0.4, 0.5) is 5.69 Å². The Hall–Kier alpha value is -4.51. The number of aromatic nitrogens is 1. The minimum absolute atomic E-state index is 0.106. The van der Waals surface area contributed by atoms with Gasteiger partial charge in [-0.1, -0.05) is 41.7 Å². The number of fused-ring (bicyclic) bond motifs is 2. The summed E-state index contributed by atoms with van der Waals surface area (Å²) >= 11 is 1.02. The molecule has 3 aromatic rings. The summed E-state index contributed by atoms with van der Waals surface area (Å²) < 4.78 is 11.8. The third-order valence-electron chi connectivity index (χ3n) is 6.28. The predicted octanol–water partition coefficient (Wildman–Crippen LogP) is 1.22. The number of nitrogens with zero attached hydrogens (tertiary/aromatic N) is 3. The zero-order valence-electron chi connectivity index (χ0n) is 20.0. The van der Waals surface area contributed by atoms with Crippen molar-refractivity contribution in [2.75, 3.05) is 25.7 Å². The Morgan fingerprint density at radius 2 is 1.78 bits per heavy atom. The van der Waals surface area contributed by atoms with Crippen LogP contribution in [0.1, 0.15) is 24.1 Å². The highest BCUT2D eigenvalue weighted by Gasteiger charge is 2.37. The number of hydrogen-bond donors (Lipinski definition) is 1. The number of carboxylic acids is 1. The number of benzene rings is 2. The number of rotatable bonds is 5. The average molecular weight is 520 g/mol. The molecular formula is C26H21N3O7S. The maximum Gasteiger partial charge on any atom is 0.338 e. The second kappa shape index (κ2) is 9.17. The number of carbonyl (C=O) groups excluding carboxylic acids is 2. The van der Waals surface area contributed by atoms with Gasteiger partial charge in [-0.15, -0.1) is 0 Å². The maximum atomic E-state index is 14.0. The van der Waals surface area contributed by atoms with E-state index in [1.54, 1.807) is 55.5 Å². The van der Waals surface area contributed by atoms with Gasteiger partial charge in [-0.25, -0.2) is 9.79 Å². The van der Waals surface area contributed by atoms with Crippen LogP contribution in [0.5, 0.6) is 5.75 Å². The first kappa shape index (κ1) is 24.2. The summed E-state index contributed by atoms with van der Waals surface area (Å²) in [6.07, 6.45) is 0. The molecule has 2 aromatic carbocycles. The summed E-state index contributed by atoms with van der Waals surface area (Å²) in [5.41, 5.74) is 1.67. The second-order valence-electron chi connectivity index (χ2n) is 8.34. The molecular weight excluding hydrogens is 498 g/mol. The normalized spacial score (nSPS) is 17.8. The molecule has 0 bridgehead atoms. The van der Waals surface area contributed by atoms with Gasteiger partial charge < -0.3 is 14.6 Å². The molecule has 1 amide bonds. The fraction of sp³-hybridized carbons (Fsp3) is 0.192. The largest absolute Gasteiger partial charge is 0.497 e. The fourth-order valence-corrected chi connectivity index (χ4v) is 5.77. The third kappa shape index (κ3) is 3.84. The number of carboxylic acid groups (broad SMARTS) is 1. The number of thiazole rings is 1. The molecule has 188 valence electrons. The Bertz CT molecular complexity index is 1680. The number of para-hydroxylation sites is 1. The highest BCUT2D eigenvalue weighted by atomic mass is 32.1. The molecule has 0 saturated heterocycles. The number of ether oxygens (including phenoxy) is 2. The smallest absolute Gasteiger partial charge is 0.338 e. The van der Waals surface area contributed by atoms with Crippen molar-refractivity contribution in [1.82, 2.24) is 4.57 Å². The van der Waals surface area contributed by atoms with Crippen molar-refractivity contribution in [1.29, 1.82) is 0 Å². The quantitative estimate of drug-likeness (QED) is 0.502. The Balaban J connectivity index is 1.80. The first-order chi connectivity index (χ1) is 17.8. The molecule has 0 aliphatic carbocycles. The lowest BCUT2D eigenvalue weighted by atomic mass is 9.96. The molecule has 1 aromatic heterocycles. The van der Waals surface area contributed by atoms with Gasteiger partial charge in [0.15, 0.2) is 4.80 Å². The number of anilines is 1. The van der Waals surface area contributed by atoms with Crippen molar-refractivity contribution in [2.24, 2.45) is 4.99 Å². The maximum absolute atomic E-state index is 14.0. The molecule has 1 atom stereocenters. The van der Waals surface area contributed by atoms with Gasteiger partial charge >= 0.3 is 11.9 Å². The lowest BCUT2D eigenvalue weighted by molar-refractivity contribution is -0.137. The molecule has 1 unspecified atom stereocenters. The van der Waals surface area contributed by atoms with Gasteiger partial charge in [-0.05, 0) is 30.7 Å². The number of methoxy groups -OCH3 is 2. The predicted molar refractivity (Wildman–Crippen MR) is 134 cm³/mol. The molecule has 0 radical (unpaired) electrons. The molecule has 37 heavy (non-hydrogen) atoms. The lowest BCUT2D eigenvalue weighted by Crippen LogP contribution is -2.41. The molecule has 1 N–H and O–H groups in total. The number of allylic oxidation sites excluding steroid dienone is 1. The third-order valence-corrected chi connectivity index (χ3v) is 7.33. The fourth-order valence-electron chi connectivity index (χ4n) is 4.64. The minimum Gasteiger partial charge on any atom is -0.497 e. The zero-order valence-corrected chi connectivity index (χ0v) is 20.9. The van der Waals surface area contributed by atoms with Crippen molar-refractivity contribution >= 4 is 40.4 Å². The van der Waals surface area contributed by atoms with Gasteiger partial charge in [-0.3, -0.25) is 23.9 Å². The van der Waals surface area contributed by atoms with Crippen molar-refractivity contribution < 1.29 is 29.0 Å². The van der Waals surface area contributed by atoms with Crippen LogP contribution in [-0.2, 0) is 19.1 Å². The molecule has 10 nitrogen and oxygen atoms in total. The Labute approximate surface area is 214 Å². The van der Waals surface area contributed by atoms with Crippen molar-refractivity contribution in [3.05, 3.63) is 90.6 Å². The van der Waals surface area contributed by atoms with Gasteiger partial charge in [0.1, 0.15) is 16.8 Å². The van der Waals surface area contributed by atoms with E-state index in [4.69, 9.17) is 9.47 Å². The van der Waals surface area contributed by atoms with E-state index >= 15 is 0 Å². The molecule has 2 aliphatic rings. The molecule has 0 spiro atoms. The molecule has 5 rings (SSSR count). The van der Waals surface area contributed by atoms with Crippen molar-refractivity contribution in [2.45, 2.75) is 13.0 Å². The topological polar surface area (TPSA) is 128 Å². The van der Waals surface area contributed by atoms with E-state index in [0.717, 1.165) is 16.2 Å². The SMILES string of the molecule is COC(=O)C1=C(C)N=c2sc(=C3C(=O)N(CC(=O)O)c4ccccc43)c(=O)n2C1c1ccc(OC)cc1. The van der Waals surface area contributed by atoms with Crippen LogP contribution in [0.2, 0.25) is 0 Å². The lowest BCUT2D eigenvalue weighted by Gasteiger charge is -2.24. The van der Waals surface area contributed by atoms with Gasteiger partial charge in [-0.2, -0.15) is 0 Å². The van der Waals surface area contributed by atoms with Crippen LogP contribution in [0.3, 0.4) is 0 Å². The number of esters is 1. The van der Waals surface area contributed by atoms with Crippen LogP contribution in [0, 0.1) is 0 Å². The van der Waals surface area contributed by atoms with E-state index in [0.29, 0.717) is 33.1 Å². The summed E-state index contributed by atoms with van der Waals surface area (Å²) in [7, 11) is 2.79. The highest BCUT2D eigenvalue weighted by molar-refractivity contribution is 7.07. The number of aliphatic carboxylic acids is 1. The molecule has 3 heterocycles. The summed E-state index contributed by atoms with van der Waals surface area (Å²) in [5, 5.41) is 9.35. The summed E-state index contributed by atoms with van der Waals surface area (Å²) in [4.78, 5) is 57.6. The van der Waals surface area contributed by atoms with Crippen LogP contribution < -0.4 is 24.5 Å². The van der Waals surface area contributed by atoms with E-state index in [1.807, 2.05) is 0 Å². The van der Waals surface area contributed by atoms with E-state index in [9.17, 15) is 24.3 Å². The highest BCUT2D eigenvalue weighted by Crippen LogP contribution is 2.35. The molecule has 0 saturated carbocycles. The van der Waals surface area contributed by atoms with Crippen LogP contribution >= 0.6 is 11.3 Å². The van der Waals surface area contributed by atoms with Gasteiger partial charge in [0.25, 0.3) is 11.5 Å². The first-order valence-electron chi connectivity index (χ1n) is 11.2. The van der Waals surface area contributed by atoms with Gasteiger partial charge in [0.2, 0.25) is 0 Å². The molecule has 0 fully saturated rings. The number of amides is 1. The Morgan fingerprint density at radius 1 is 1.08 bits per heavy atom. The zero-order chi connectivity index (χ0) is 26.4. The number of hydrogen-bond acceptors (Lipinski definition) is 8. The summed E-state index contributed by atoms with van der Waals surface area (Å²) in [6.45, 7) is 1.12. The van der Waals surface area contributed by atoms with E-state index in [2.05, 4.69) is 4.99 Å². The van der Waals surface area contributed by atoms with Crippen molar-refractivity contribution in [3.63, 3.8) is 0 Å². The Morgan fingerprint density at radius 3 is 2.43 bits per heavy atom. The van der Waals surface area contributed by atoms with Crippen molar-refractivity contribution in [3.8, 4) is 5.75 Å². The van der Waals surface area contributed by atoms with Crippen LogP contribution in [0.25, 0.3) is 5.57 Å². The van der Waals surface area contributed by atoms with Gasteiger partial charge in [0, 0.05) is 5.56 Å². The summed E-state index contributed by atoms with van der Waals surface area (Å²) in [5.74, 6) is -1.79. The van der Waals surface area contributed by atoms with E-state index in [-0.39, 0.29) is 15.7 Å². The standard InChI is InChI=1S/C26H21N3O7S/c1-13-19(25(34)36-3)21(14-8-10-15(35-2)11-9-14)29-24(33)22(37-26(29)27-13)20-16-6-4-5-7-17(16)28(23(20)32)12-18(30)31/h4-11,21H,12H2,1-3H3,(H,30,31). The van der Waals surface area contributed by atoms with Crippen LogP contribution in [0.15, 0.2) is 69.6 Å². The Kier molecular flexibility index (Phi) is 6.00.